The number of rotatable bonds is 4. The number of amides is 2. The Hall–Kier alpha value is -3.55. The molecule has 0 aliphatic carbocycles. The van der Waals surface area contributed by atoms with Gasteiger partial charge in [0.2, 0.25) is 0 Å². The molecule has 0 bridgehead atoms. The van der Waals surface area contributed by atoms with Crippen LogP contribution < -0.4 is 15.1 Å². The van der Waals surface area contributed by atoms with Crippen LogP contribution in [0.3, 0.4) is 0 Å². The normalized spacial score (nSPS) is 18.3. The van der Waals surface area contributed by atoms with Crippen LogP contribution in [0.1, 0.15) is 45.8 Å². The molecule has 0 spiro atoms. The average molecular weight is 426 g/mol. The van der Waals surface area contributed by atoms with E-state index in [0.29, 0.717) is 11.3 Å². The Labute approximate surface area is 181 Å². The van der Waals surface area contributed by atoms with Crippen LogP contribution in [0.2, 0.25) is 0 Å². The van der Waals surface area contributed by atoms with Gasteiger partial charge in [0.1, 0.15) is 17.0 Å². The highest BCUT2D eigenvalue weighted by Crippen LogP contribution is 2.38. The summed E-state index contributed by atoms with van der Waals surface area (Å²) in [7, 11) is 0. The van der Waals surface area contributed by atoms with Crippen molar-refractivity contribution < 1.29 is 28.7 Å². The summed E-state index contributed by atoms with van der Waals surface area (Å²) in [5.41, 5.74) is 0.164. The SMILES string of the molecule is CCC(=O)ON1C(=O)[C@@H](NC(=O)OC(C)(C)C)[C@@H](c2ccccc2)Oc2ccccc21. The molecule has 2 aromatic rings. The topological polar surface area (TPSA) is 94.2 Å². The maximum absolute atomic E-state index is 13.5. The summed E-state index contributed by atoms with van der Waals surface area (Å²) in [5, 5.41) is 3.48. The molecule has 2 atom stereocenters. The second-order valence-electron chi connectivity index (χ2n) is 7.99. The van der Waals surface area contributed by atoms with Gasteiger partial charge in [-0.25, -0.2) is 9.59 Å². The Balaban J connectivity index is 2.06. The van der Waals surface area contributed by atoms with Crippen molar-refractivity contribution in [2.75, 3.05) is 5.06 Å². The van der Waals surface area contributed by atoms with Crippen LogP contribution in [0.15, 0.2) is 54.6 Å². The summed E-state index contributed by atoms with van der Waals surface area (Å²) < 4.78 is 11.5. The summed E-state index contributed by atoms with van der Waals surface area (Å²) in [6.07, 6.45) is -1.60. The van der Waals surface area contributed by atoms with Gasteiger partial charge in [0.05, 0.1) is 0 Å². The number of anilines is 1. The number of nitrogens with one attached hydrogen (secondary N) is 1. The van der Waals surface area contributed by atoms with Crippen LogP contribution >= 0.6 is 0 Å². The first kappa shape index (κ1) is 22.1. The summed E-state index contributed by atoms with van der Waals surface area (Å²) in [4.78, 5) is 43.5. The molecule has 1 heterocycles. The predicted octanol–water partition coefficient (Wildman–Crippen LogP) is 3.91. The van der Waals surface area contributed by atoms with Crippen molar-refractivity contribution in [1.82, 2.24) is 5.32 Å². The molecular formula is C23H26N2O6. The first-order valence-corrected chi connectivity index (χ1v) is 10.0. The van der Waals surface area contributed by atoms with Gasteiger partial charge in [-0.3, -0.25) is 4.79 Å². The smallest absolute Gasteiger partial charge is 0.408 e. The van der Waals surface area contributed by atoms with E-state index in [0.717, 1.165) is 5.06 Å². The lowest BCUT2D eigenvalue weighted by Crippen LogP contribution is -2.52. The van der Waals surface area contributed by atoms with Gasteiger partial charge in [-0.05, 0) is 38.5 Å². The Kier molecular flexibility index (Phi) is 6.48. The highest BCUT2D eigenvalue weighted by molar-refractivity contribution is 6.00. The van der Waals surface area contributed by atoms with Gasteiger partial charge in [0.15, 0.2) is 12.1 Å². The van der Waals surface area contributed by atoms with Crippen molar-refractivity contribution in [2.45, 2.75) is 51.9 Å². The standard InChI is InChI=1S/C23H26N2O6/c1-5-18(26)31-25-16-13-9-10-14-17(16)29-20(15-11-7-6-8-12-15)19(21(25)27)24-22(28)30-23(2,3)4/h6-14,19-20H,5H2,1-4H3,(H,24,28)/t19-,20+/m0/s1. The Morgan fingerprint density at radius 3 is 2.35 bits per heavy atom. The predicted molar refractivity (Wildman–Crippen MR) is 113 cm³/mol. The van der Waals surface area contributed by atoms with Crippen LogP contribution in [0.25, 0.3) is 0 Å². The zero-order chi connectivity index (χ0) is 22.6. The minimum atomic E-state index is -1.21. The molecule has 1 aliphatic rings. The van der Waals surface area contributed by atoms with Crippen molar-refractivity contribution in [1.29, 1.82) is 0 Å². The highest BCUT2D eigenvalue weighted by atomic mass is 16.7. The second-order valence-corrected chi connectivity index (χ2v) is 7.99. The molecule has 3 rings (SSSR count). The van der Waals surface area contributed by atoms with Gasteiger partial charge in [-0.2, -0.15) is 0 Å². The first-order valence-electron chi connectivity index (χ1n) is 10.0. The molecule has 31 heavy (non-hydrogen) atoms. The number of carbonyl (C=O) groups is 3. The Morgan fingerprint density at radius 2 is 1.71 bits per heavy atom. The van der Waals surface area contributed by atoms with Crippen molar-refractivity contribution in [2.24, 2.45) is 0 Å². The Morgan fingerprint density at radius 1 is 1.06 bits per heavy atom. The number of benzene rings is 2. The number of fused-ring (bicyclic) bond motifs is 1. The average Bonchev–Trinajstić information content (AvgIpc) is 2.83. The quantitative estimate of drug-likeness (QED) is 0.797. The van der Waals surface area contributed by atoms with Crippen LogP contribution in [0.5, 0.6) is 5.75 Å². The summed E-state index contributed by atoms with van der Waals surface area (Å²) in [6.45, 7) is 6.78. The molecule has 0 radical (unpaired) electrons. The number of ether oxygens (including phenoxy) is 2. The molecule has 0 aromatic heterocycles. The molecule has 0 saturated heterocycles. The number of hydrogen-bond acceptors (Lipinski definition) is 6. The third kappa shape index (κ3) is 5.33. The van der Waals surface area contributed by atoms with Crippen LogP contribution in [0, 0.1) is 0 Å². The van der Waals surface area contributed by atoms with E-state index >= 15 is 0 Å². The van der Waals surface area contributed by atoms with Crippen molar-refractivity contribution in [3.8, 4) is 5.75 Å². The van der Waals surface area contributed by atoms with Gasteiger partial charge >= 0.3 is 12.1 Å². The van der Waals surface area contributed by atoms with E-state index in [1.165, 1.54) is 0 Å². The van der Waals surface area contributed by atoms with Gasteiger partial charge in [0.25, 0.3) is 5.91 Å². The zero-order valence-corrected chi connectivity index (χ0v) is 18.0. The molecule has 1 aliphatic heterocycles. The van der Waals surface area contributed by atoms with E-state index in [1.807, 2.05) is 6.07 Å². The third-order valence-electron chi connectivity index (χ3n) is 4.39. The number of hydroxylamine groups is 1. The molecule has 8 heteroatoms. The van der Waals surface area contributed by atoms with E-state index in [1.54, 1.807) is 76.2 Å². The number of carbonyl (C=O) groups excluding carboxylic acids is 3. The third-order valence-corrected chi connectivity index (χ3v) is 4.39. The van der Waals surface area contributed by atoms with Crippen molar-refractivity contribution in [3.05, 3.63) is 60.2 Å². The van der Waals surface area contributed by atoms with Crippen molar-refractivity contribution >= 4 is 23.7 Å². The minimum Gasteiger partial charge on any atom is -0.481 e. The summed E-state index contributed by atoms with van der Waals surface area (Å²) in [5.74, 6) is -0.925. The first-order chi connectivity index (χ1) is 14.7. The highest BCUT2D eigenvalue weighted by Gasteiger charge is 2.42. The summed E-state index contributed by atoms with van der Waals surface area (Å²) >= 11 is 0. The number of nitrogens with zero attached hydrogens (tertiary/aromatic N) is 1. The van der Waals surface area contributed by atoms with E-state index < -0.39 is 35.7 Å². The van der Waals surface area contributed by atoms with E-state index in [4.69, 9.17) is 14.3 Å². The number of hydrogen-bond donors (Lipinski definition) is 1. The fourth-order valence-electron chi connectivity index (χ4n) is 3.04. The zero-order valence-electron chi connectivity index (χ0n) is 18.0. The second kappa shape index (κ2) is 9.07. The minimum absolute atomic E-state index is 0.0685. The molecule has 8 nitrogen and oxygen atoms in total. The molecule has 2 amide bonds. The molecule has 0 fully saturated rings. The van der Waals surface area contributed by atoms with Gasteiger partial charge in [-0.15, -0.1) is 5.06 Å². The number of alkyl carbamates (subject to hydrolysis) is 1. The van der Waals surface area contributed by atoms with Gasteiger partial charge in [-0.1, -0.05) is 49.4 Å². The molecule has 0 saturated carbocycles. The van der Waals surface area contributed by atoms with E-state index in [-0.39, 0.29) is 12.1 Å². The lowest BCUT2D eigenvalue weighted by atomic mass is 10.0. The van der Waals surface area contributed by atoms with Gasteiger partial charge < -0.3 is 19.6 Å². The van der Waals surface area contributed by atoms with Crippen LogP contribution in [0.4, 0.5) is 10.5 Å². The lowest BCUT2D eigenvalue weighted by molar-refractivity contribution is -0.151. The molecule has 164 valence electrons. The lowest BCUT2D eigenvalue weighted by Gasteiger charge is -2.28. The maximum atomic E-state index is 13.5. The monoisotopic (exact) mass is 426 g/mol. The molecule has 1 N–H and O–H groups in total. The largest absolute Gasteiger partial charge is 0.481 e. The fraction of sp³-hybridized carbons (Fsp3) is 0.348. The fourth-order valence-corrected chi connectivity index (χ4v) is 3.04. The number of para-hydroxylation sites is 2. The van der Waals surface area contributed by atoms with Gasteiger partial charge in [0, 0.05) is 6.42 Å². The molecule has 0 unspecified atom stereocenters. The summed E-state index contributed by atoms with van der Waals surface area (Å²) in [6, 6.07) is 14.5. The Bertz CT molecular complexity index is 954. The van der Waals surface area contributed by atoms with Crippen molar-refractivity contribution in [3.63, 3.8) is 0 Å². The van der Waals surface area contributed by atoms with Crippen LogP contribution in [-0.2, 0) is 19.2 Å². The maximum Gasteiger partial charge on any atom is 0.408 e. The van der Waals surface area contributed by atoms with E-state index in [2.05, 4.69) is 5.32 Å². The molecule has 2 aromatic carbocycles. The van der Waals surface area contributed by atoms with E-state index in [9.17, 15) is 14.4 Å². The molecular weight excluding hydrogens is 400 g/mol. The van der Waals surface area contributed by atoms with Crippen LogP contribution in [-0.4, -0.2) is 29.6 Å².